The number of nitrogens with zero attached hydrogens (tertiary/aromatic N) is 4. The van der Waals surface area contributed by atoms with Crippen LogP contribution in [0.3, 0.4) is 0 Å². The van der Waals surface area contributed by atoms with E-state index in [1.54, 1.807) is 13.1 Å². The monoisotopic (exact) mass is 370 g/mol. The van der Waals surface area contributed by atoms with E-state index in [1.165, 1.54) is 20.5 Å². The molecule has 0 aliphatic rings. The van der Waals surface area contributed by atoms with Crippen LogP contribution >= 0.6 is 11.3 Å². The Morgan fingerprint density at radius 3 is 2.85 bits per heavy atom. The van der Waals surface area contributed by atoms with Crippen LogP contribution < -0.4 is 5.69 Å². The lowest BCUT2D eigenvalue weighted by atomic mass is 10.3. The molecule has 3 aromatic heterocycles. The molecular weight excluding hydrogens is 356 g/mol. The maximum atomic E-state index is 12.3. The molecule has 0 spiro atoms. The van der Waals surface area contributed by atoms with Crippen LogP contribution in [0.25, 0.3) is 22.5 Å². The van der Waals surface area contributed by atoms with Gasteiger partial charge in [0.1, 0.15) is 6.54 Å². The Hall–Kier alpha value is -3.20. The molecule has 0 fully saturated rings. The van der Waals surface area contributed by atoms with Crippen LogP contribution in [0.4, 0.5) is 0 Å². The van der Waals surface area contributed by atoms with Gasteiger partial charge < -0.3 is 9.26 Å². The van der Waals surface area contributed by atoms with Crippen molar-refractivity contribution in [3.05, 3.63) is 57.4 Å². The molecule has 0 saturated heterocycles. The van der Waals surface area contributed by atoms with E-state index in [0.29, 0.717) is 11.4 Å². The van der Waals surface area contributed by atoms with Crippen molar-refractivity contribution in [1.29, 1.82) is 0 Å². The first-order chi connectivity index (χ1) is 12.6. The topological polar surface area (TPSA) is 92.2 Å². The van der Waals surface area contributed by atoms with Gasteiger partial charge in [-0.25, -0.2) is 4.79 Å². The van der Waals surface area contributed by atoms with Crippen molar-refractivity contribution < 1.29 is 14.1 Å². The van der Waals surface area contributed by atoms with Gasteiger partial charge in [0, 0.05) is 12.4 Å². The first kappa shape index (κ1) is 16.3. The Labute approximate surface area is 151 Å². The van der Waals surface area contributed by atoms with Crippen molar-refractivity contribution in [2.75, 3.05) is 0 Å². The molecule has 0 bridgehead atoms. The molecule has 1 aromatic carbocycles. The van der Waals surface area contributed by atoms with E-state index in [0.717, 1.165) is 11.1 Å². The van der Waals surface area contributed by atoms with Gasteiger partial charge in [0.2, 0.25) is 5.82 Å². The summed E-state index contributed by atoms with van der Waals surface area (Å²) < 4.78 is 13.2. The first-order valence-electron chi connectivity index (χ1n) is 7.78. The number of rotatable bonds is 5. The normalized spacial score (nSPS) is 11.1. The number of imidazole rings is 1. The number of ether oxygens (including phenoxy) is 1. The molecule has 8 nitrogen and oxygen atoms in total. The SMILES string of the molecule is Cn1c(=O)n(CC(=O)OCc2noc(-c3ccsc3)n2)c2ccccc21. The van der Waals surface area contributed by atoms with Crippen molar-refractivity contribution in [1.82, 2.24) is 19.3 Å². The Balaban J connectivity index is 1.45. The molecule has 0 aliphatic heterocycles. The molecule has 0 amide bonds. The molecule has 0 atom stereocenters. The second kappa shape index (κ2) is 6.60. The molecule has 0 unspecified atom stereocenters. The Bertz CT molecular complexity index is 1120. The zero-order chi connectivity index (χ0) is 18.1. The number of thiophene rings is 1. The van der Waals surface area contributed by atoms with Gasteiger partial charge in [0.25, 0.3) is 5.89 Å². The summed E-state index contributed by atoms with van der Waals surface area (Å²) in [4.78, 5) is 28.6. The van der Waals surface area contributed by atoms with E-state index in [4.69, 9.17) is 9.26 Å². The minimum Gasteiger partial charge on any atom is -0.456 e. The molecule has 26 heavy (non-hydrogen) atoms. The third-order valence-corrected chi connectivity index (χ3v) is 4.62. The molecule has 0 aliphatic carbocycles. The highest BCUT2D eigenvalue weighted by atomic mass is 32.1. The van der Waals surface area contributed by atoms with E-state index in [2.05, 4.69) is 10.1 Å². The smallest absolute Gasteiger partial charge is 0.329 e. The minimum atomic E-state index is -0.551. The standard InChI is InChI=1S/C17H14N4O4S/c1-20-12-4-2-3-5-13(12)21(17(20)23)8-15(22)24-9-14-18-16(25-19-14)11-6-7-26-10-11/h2-7,10H,8-9H2,1H3. The predicted octanol–water partition coefficient (Wildman–Crippen LogP) is 2.19. The van der Waals surface area contributed by atoms with Crippen molar-refractivity contribution in [2.45, 2.75) is 13.2 Å². The fourth-order valence-electron chi connectivity index (χ4n) is 2.65. The second-order valence-electron chi connectivity index (χ2n) is 5.60. The van der Waals surface area contributed by atoms with Gasteiger partial charge in [-0.3, -0.25) is 13.9 Å². The number of carbonyl (C=O) groups excluding carboxylic acids is 1. The van der Waals surface area contributed by atoms with E-state index in [9.17, 15) is 9.59 Å². The van der Waals surface area contributed by atoms with Crippen LogP contribution in [0.15, 0.2) is 50.4 Å². The van der Waals surface area contributed by atoms with Gasteiger partial charge in [0.15, 0.2) is 6.61 Å². The molecule has 0 radical (unpaired) electrons. The highest BCUT2D eigenvalue weighted by Gasteiger charge is 2.15. The number of para-hydroxylation sites is 2. The number of hydrogen-bond acceptors (Lipinski definition) is 7. The summed E-state index contributed by atoms with van der Waals surface area (Å²) in [5, 5.41) is 7.58. The lowest BCUT2D eigenvalue weighted by Gasteiger charge is -2.03. The van der Waals surface area contributed by atoms with Crippen molar-refractivity contribution in [2.24, 2.45) is 7.05 Å². The second-order valence-corrected chi connectivity index (χ2v) is 6.38. The molecule has 0 N–H and O–H groups in total. The fraction of sp³-hybridized carbons (Fsp3) is 0.176. The first-order valence-corrected chi connectivity index (χ1v) is 8.73. The van der Waals surface area contributed by atoms with E-state index < -0.39 is 5.97 Å². The van der Waals surface area contributed by atoms with Crippen LogP contribution in [0.5, 0.6) is 0 Å². The third-order valence-electron chi connectivity index (χ3n) is 3.94. The summed E-state index contributed by atoms with van der Waals surface area (Å²) in [5.74, 6) is 0.0951. The van der Waals surface area contributed by atoms with E-state index in [-0.39, 0.29) is 24.7 Å². The summed E-state index contributed by atoms with van der Waals surface area (Å²) in [6.45, 7) is -0.304. The van der Waals surface area contributed by atoms with Gasteiger partial charge >= 0.3 is 11.7 Å². The van der Waals surface area contributed by atoms with E-state index >= 15 is 0 Å². The number of benzene rings is 1. The van der Waals surface area contributed by atoms with E-state index in [1.807, 2.05) is 35.0 Å². The number of esters is 1. The number of fused-ring (bicyclic) bond motifs is 1. The zero-order valence-electron chi connectivity index (χ0n) is 13.8. The Morgan fingerprint density at radius 2 is 2.08 bits per heavy atom. The van der Waals surface area contributed by atoms with Crippen LogP contribution in [0.2, 0.25) is 0 Å². The van der Waals surface area contributed by atoms with Gasteiger partial charge in [0.05, 0.1) is 16.6 Å². The summed E-state index contributed by atoms with van der Waals surface area (Å²) in [6, 6.07) is 9.13. The number of hydrogen-bond donors (Lipinski definition) is 0. The van der Waals surface area contributed by atoms with Gasteiger partial charge in [-0.05, 0) is 23.6 Å². The average molecular weight is 370 g/mol. The summed E-state index contributed by atoms with van der Waals surface area (Å²) in [6.07, 6.45) is 0. The largest absolute Gasteiger partial charge is 0.456 e. The quantitative estimate of drug-likeness (QED) is 0.500. The lowest BCUT2D eigenvalue weighted by Crippen LogP contribution is -2.26. The predicted molar refractivity (Wildman–Crippen MR) is 94.6 cm³/mol. The Morgan fingerprint density at radius 1 is 1.27 bits per heavy atom. The maximum Gasteiger partial charge on any atom is 0.329 e. The fourth-order valence-corrected chi connectivity index (χ4v) is 3.28. The molecule has 0 saturated carbocycles. The molecule has 4 rings (SSSR count). The zero-order valence-corrected chi connectivity index (χ0v) is 14.6. The van der Waals surface area contributed by atoms with Crippen LogP contribution in [0.1, 0.15) is 5.82 Å². The summed E-state index contributed by atoms with van der Waals surface area (Å²) in [7, 11) is 1.66. The number of aryl methyl sites for hydroxylation is 1. The van der Waals surface area contributed by atoms with Crippen molar-refractivity contribution in [3.8, 4) is 11.5 Å². The van der Waals surface area contributed by atoms with Crippen molar-refractivity contribution in [3.63, 3.8) is 0 Å². The number of aromatic nitrogens is 4. The van der Waals surface area contributed by atoms with Crippen LogP contribution in [-0.2, 0) is 29.7 Å². The third kappa shape index (κ3) is 2.92. The van der Waals surface area contributed by atoms with Crippen LogP contribution in [-0.4, -0.2) is 25.2 Å². The maximum absolute atomic E-state index is 12.3. The highest BCUT2D eigenvalue weighted by Crippen LogP contribution is 2.20. The van der Waals surface area contributed by atoms with Crippen LogP contribution in [0, 0.1) is 0 Å². The van der Waals surface area contributed by atoms with Crippen molar-refractivity contribution >= 4 is 28.3 Å². The highest BCUT2D eigenvalue weighted by molar-refractivity contribution is 7.08. The molecule has 3 heterocycles. The lowest BCUT2D eigenvalue weighted by molar-refractivity contribution is -0.145. The minimum absolute atomic E-state index is 0.119. The molecule has 4 aromatic rings. The summed E-state index contributed by atoms with van der Waals surface area (Å²) in [5.41, 5.74) is 1.98. The summed E-state index contributed by atoms with van der Waals surface area (Å²) >= 11 is 1.52. The van der Waals surface area contributed by atoms with Gasteiger partial charge in [-0.2, -0.15) is 16.3 Å². The molecule has 132 valence electrons. The Kier molecular flexibility index (Phi) is 4.13. The molecular formula is C17H14N4O4S. The number of carbonyl (C=O) groups is 1. The van der Waals surface area contributed by atoms with Gasteiger partial charge in [-0.1, -0.05) is 17.3 Å². The molecule has 9 heteroatoms. The average Bonchev–Trinajstić information content (AvgIpc) is 3.38. The van der Waals surface area contributed by atoms with Gasteiger partial charge in [-0.15, -0.1) is 0 Å².